The number of hydrogen-bond acceptors (Lipinski definition) is 3. The molecule has 0 atom stereocenters. The van der Waals surface area contributed by atoms with E-state index in [1.807, 2.05) is 24.3 Å². The van der Waals surface area contributed by atoms with E-state index in [-0.39, 0.29) is 5.82 Å². The number of nitrogens with zero attached hydrogens (tertiary/aromatic N) is 1. The summed E-state index contributed by atoms with van der Waals surface area (Å²) in [7, 11) is 0. The van der Waals surface area contributed by atoms with Gasteiger partial charge in [0.05, 0.1) is 5.56 Å². The largest absolute Gasteiger partial charge is 0.380 e. The van der Waals surface area contributed by atoms with E-state index in [0.29, 0.717) is 17.1 Å². The zero-order valence-electron chi connectivity index (χ0n) is 10.3. The Morgan fingerprint density at radius 2 is 1.75 bits per heavy atom. The Labute approximate surface area is 128 Å². The standard InChI is InChI=1S/C15H10FIN2O/c16-10-7-5-9(6-8-10)13-14(20-19-15(13)18)11-3-1-2-4-12(11)17/h1-8H,(H2,18,19). The first-order chi connectivity index (χ1) is 9.66. The Balaban J connectivity index is 2.20. The van der Waals surface area contributed by atoms with Gasteiger partial charge in [0.25, 0.3) is 0 Å². The van der Waals surface area contributed by atoms with Crippen molar-refractivity contribution >= 4 is 28.4 Å². The molecule has 1 aromatic heterocycles. The van der Waals surface area contributed by atoms with Crippen molar-refractivity contribution in [1.29, 1.82) is 0 Å². The van der Waals surface area contributed by atoms with Gasteiger partial charge >= 0.3 is 0 Å². The third-order valence-corrected chi connectivity index (χ3v) is 3.91. The predicted octanol–water partition coefficient (Wildman–Crippen LogP) is 4.33. The lowest BCUT2D eigenvalue weighted by atomic mass is 10.0. The van der Waals surface area contributed by atoms with Crippen LogP contribution in [0.25, 0.3) is 22.5 Å². The maximum absolute atomic E-state index is 13.0. The second-order valence-electron chi connectivity index (χ2n) is 4.26. The molecule has 3 aromatic rings. The van der Waals surface area contributed by atoms with Crippen LogP contribution < -0.4 is 5.73 Å². The fourth-order valence-corrected chi connectivity index (χ4v) is 2.66. The van der Waals surface area contributed by atoms with Gasteiger partial charge in [0, 0.05) is 9.13 Å². The smallest absolute Gasteiger partial charge is 0.177 e. The molecular formula is C15H10FIN2O. The van der Waals surface area contributed by atoms with E-state index in [0.717, 1.165) is 14.7 Å². The number of hydrogen-bond donors (Lipinski definition) is 1. The minimum atomic E-state index is -0.292. The van der Waals surface area contributed by atoms with E-state index < -0.39 is 0 Å². The zero-order chi connectivity index (χ0) is 14.1. The number of anilines is 1. The van der Waals surface area contributed by atoms with Gasteiger partial charge in [-0.05, 0) is 46.4 Å². The molecule has 0 saturated heterocycles. The molecule has 0 aliphatic rings. The average molecular weight is 380 g/mol. The Morgan fingerprint density at radius 3 is 2.45 bits per heavy atom. The lowest BCUT2D eigenvalue weighted by Crippen LogP contribution is -1.90. The van der Waals surface area contributed by atoms with Gasteiger partial charge in [0.1, 0.15) is 5.82 Å². The van der Waals surface area contributed by atoms with Crippen LogP contribution >= 0.6 is 22.6 Å². The first-order valence-electron chi connectivity index (χ1n) is 5.93. The van der Waals surface area contributed by atoms with Crippen molar-refractivity contribution in [2.45, 2.75) is 0 Å². The minimum absolute atomic E-state index is 0.292. The van der Waals surface area contributed by atoms with E-state index in [1.165, 1.54) is 12.1 Å². The summed E-state index contributed by atoms with van der Waals surface area (Å²) in [6.07, 6.45) is 0. The van der Waals surface area contributed by atoms with Crippen molar-refractivity contribution < 1.29 is 8.91 Å². The van der Waals surface area contributed by atoms with Crippen LogP contribution in [0.4, 0.5) is 10.2 Å². The molecule has 100 valence electrons. The van der Waals surface area contributed by atoms with E-state index >= 15 is 0 Å². The fourth-order valence-electron chi connectivity index (χ4n) is 2.03. The molecule has 3 nitrogen and oxygen atoms in total. The number of benzene rings is 2. The molecule has 0 aliphatic carbocycles. The maximum atomic E-state index is 13.0. The topological polar surface area (TPSA) is 52.0 Å². The molecule has 0 radical (unpaired) electrons. The summed E-state index contributed by atoms with van der Waals surface area (Å²) >= 11 is 2.23. The van der Waals surface area contributed by atoms with Crippen LogP contribution in [0.15, 0.2) is 53.1 Å². The molecule has 0 aliphatic heterocycles. The number of rotatable bonds is 2. The number of aromatic nitrogens is 1. The van der Waals surface area contributed by atoms with Gasteiger partial charge in [-0.2, -0.15) is 0 Å². The molecule has 0 unspecified atom stereocenters. The van der Waals surface area contributed by atoms with Gasteiger partial charge in [0.2, 0.25) is 0 Å². The first kappa shape index (κ1) is 13.1. The van der Waals surface area contributed by atoms with Crippen LogP contribution in [0.5, 0.6) is 0 Å². The third kappa shape index (κ3) is 2.29. The summed E-state index contributed by atoms with van der Waals surface area (Å²) in [5, 5.41) is 3.84. The summed E-state index contributed by atoms with van der Waals surface area (Å²) < 4.78 is 19.5. The summed E-state index contributed by atoms with van der Waals surface area (Å²) in [6.45, 7) is 0. The van der Waals surface area contributed by atoms with Gasteiger partial charge in [-0.25, -0.2) is 4.39 Å². The highest BCUT2D eigenvalue weighted by molar-refractivity contribution is 14.1. The SMILES string of the molecule is Nc1noc(-c2ccccc2I)c1-c1ccc(F)cc1. The maximum Gasteiger partial charge on any atom is 0.177 e. The summed E-state index contributed by atoms with van der Waals surface area (Å²) in [5.74, 6) is 0.602. The molecule has 0 spiro atoms. The lowest BCUT2D eigenvalue weighted by molar-refractivity contribution is 0.436. The van der Waals surface area contributed by atoms with Crippen LogP contribution in [0, 0.1) is 9.39 Å². The van der Waals surface area contributed by atoms with Crippen LogP contribution in [-0.4, -0.2) is 5.16 Å². The molecule has 0 fully saturated rings. The summed E-state index contributed by atoms with van der Waals surface area (Å²) in [5.41, 5.74) is 8.28. The molecule has 1 heterocycles. The van der Waals surface area contributed by atoms with Crippen LogP contribution in [0.2, 0.25) is 0 Å². The average Bonchev–Trinajstić information content (AvgIpc) is 2.82. The molecular weight excluding hydrogens is 370 g/mol. The monoisotopic (exact) mass is 380 g/mol. The Bertz CT molecular complexity index is 753. The van der Waals surface area contributed by atoms with Crippen molar-refractivity contribution in [3.05, 3.63) is 57.9 Å². The van der Waals surface area contributed by atoms with E-state index in [4.69, 9.17) is 10.3 Å². The van der Waals surface area contributed by atoms with Gasteiger partial charge in [-0.15, -0.1) is 0 Å². The Kier molecular flexibility index (Phi) is 3.43. The second kappa shape index (κ2) is 5.24. The van der Waals surface area contributed by atoms with E-state index in [1.54, 1.807) is 12.1 Å². The number of halogens is 2. The Hall–Kier alpha value is -1.89. The second-order valence-corrected chi connectivity index (χ2v) is 5.42. The predicted molar refractivity (Wildman–Crippen MR) is 84.5 cm³/mol. The van der Waals surface area contributed by atoms with Gasteiger partial charge < -0.3 is 10.3 Å². The number of nitrogens with two attached hydrogens (primary N) is 1. The highest BCUT2D eigenvalue weighted by Gasteiger charge is 2.19. The van der Waals surface area contributed by atoms with E-state index in [2.05, 4.69) is 27.7 Å². The molecule has 2 aromatic carbocycles. The third-order valence-electron chi connectivity index (χ3n) is 2.97. The molecule has 20 heavy (non-hydrogen) atoms. The highest BCUT2D eigenvalue weighted by atomic mass is 127. The fraction of sp³-hybridized carbons (Fsp3) is 0. The van der Waals surface area contributed by atoms with Crippen molar-refractivity contribution in [3.8, 4) is 22.5 Å². The normalized spacial score (nSPS) is 10.7. The van der Waals surface area contributed by atoms with Crippen LogP contribution in [0.1, 0.15) is 0 Å². The van der Waals surface area contributed by atoms with Crippen molar-refractivity contribution in [3.63, 3.8) is 0 Å². The lowest BCUT2D eigenvalue weighted by Gasteiger charge is -2.04. The summed E-state index contributed by atoms with van der Waals surface area (Å²) in [4.78, 5) is 0. The van der Waals surface area contributed by atoms with Gasteiger partial charge in [-0.1, -0.05) is 35.5 Å². The van der Waals surface area contributed by atoms with Gasteiger partial charge in [0.15, 0.2) is 11.6 Å². The van der Waals surface area contributed by atoms with Crippen LogP contribution in [0.3, 0.4) is 0 Å². The first-order valence-corrected chi connectivity index (χ1v) is 7.00. The molecule has 2 N–H and O–H groups in total. The van der Waals surface area contributed by atoms with Crippen molar-refractivity contribution in [1.82, 2.24) is 5.16 Å². The van der Waals surface area contributed by atoms with Crippen LogP contribution in [-0.2, 0) is 0 Å². The molecule has 0 amide bonds. The minimum Gasteiger partial charge on any atom is -0.380 e. The zero-order valence-corrected chi connectivity index (χ0v) is 12.5. The van der Waals surface area contributed by atoms with Gasteiger partial charge in [-0.3, -0.25) is 0 Å². The molecule has 3 rings (SSSR count). The van der Waals surface area contributed by atoms with E-state index in [9.17, 15) is 4.39 Å². The Morgan fingerprint density at radius 1 is 1.05 bits per heavy atom. The molecule has 5 heteroatoms. The summed E-state index contributed by atoms with van der Waals surface area (Å²) in [6, 6.07) is 13.9. The molecule has 0 bridgehead atoms. The number of nitrogen functional groups attached to an aromatic ring is 1. The van der Waals surface area contributed by atoms with Crippen molar-refractivity contribution in [2.75, 3.05) is 5.73 Å². The quantitative estimate of drug-likeness (QED) is 0.674. The molecule has 0 saturated carbocycles. The highest BCUT2D eigenvalue weighted by Crippen LogP contribution is 2.38. The van der Waals surface area contributed by atoms with Crippen molar-refractivity contribution in [2.24, 2.45) is 0 Å².